The number of anilines is 1. The minimum atomic E-state index is -0.550. The quantitative estimate of drug-likeness (QED) is 0.765. The number of rotatable bonds is 0. The SMILES string of the molecule is Cc1ccc2c(c1)-c1nc(N)nnc1C(C)(C)O2. The lowest BCUT2D eigenvalue weighted by Crippen LogP contribution is -2.31. The molecule has 0 saturated heterocycles. The van der Waals surface area contributed by atoms with Gasteiger partial charge >= 0.3 is 0 Å². The molecular formula is C13H14N4O. The van der Waals surface area contributed by atoms with Crippen LogP contribution in [0, 0.1) is 6.92 Å². The van der Waals surface area contributed by atoms with E-state index >= 15 is 0 Å². The Hall–Kier alpha value is -2.17. The Morgan fingerprint density at radius 1 is 1.22 bits per heavy atom. The van der Waals surface area contributed by atoms with Crippen LogP contribution in [0.1, 0.15) is 25.1 Å². The smallest absolute Gasteiger partial charge is 0.240 e. The zero-order chi connectivity index (χ0) is 12.9. The highest BCUT2D eigenvalue weighted by Gasteiger charge is 2.35. The van der Waals surface area contributed by atoms with Crippen molar-refractivity contribution in [1.29, 1.82) is 0 Å². The van der Waals surface area contributed by atoms with Crippen LogP contribution in [0.5, 0.6) is 5.75 Å². The van der Waals surface area contributed by atoms with E-state index in [9.17, 15) is 0 Å². The van der Waals surface area contributed by atoms with Crippen molar-refractivity contribution in [2.24, 2.45) is 0 Å². The first-order chi connectivity index (χ1) is 8.47. The summed E-state index contributed by atoms with van der Waals surface area (Å²) in [7, 11) is 0. The van der Waals surface area contributed by atoms with Crippen LogP contribution in [-0.4, -0.2) is 15.2 Å². The second kappa shape index (κ2) is 3.41. The van der Waals surface area contributed by atoms with E-state index in [1.807, 2.05) is 39.0 Å². The molecule has 0 unspecified atom stereocenters. The van der Waals surface area contributed by atoms with Crippen LogP contribution in [-0.2, 0) is 5.60 Å². The minimum Gasteiger partial charge on any atom is -0.481 e. The van der Waals surface area contributed by atoms with Gasteiger partial charge in [-0.1, -0.05) is 11.6 Å². The average Bonchev–Trinajstić information content (AvgIpc) is 2.30. The van der Waals surface area contributed by atoms with E-state index in [2.05, 4.69) is 15.2 Å². The van der Waals surface area contributed by atoms with Crippen molar-refractivity contribution in [3.8, 4) is 17.0 Å². The summed E-state index contributed by atoms with van der Waals surface area (Å²) < 4.78 is 5.96. The number of fused-ring (bicyclic) bond motifs is 3. The Labute approximate surface area is 105 Å². The van der Waals surface area contributed by atoms with Crippen LogP contribution in [0.4, 0.5) is 5.95 Å². The molecule has 2 aromatic rings. The zero-order valence-corrected chi connectivity index (χ0v) is 10.6. The first-order valence-corrected chi connectivity index (χ1v) is 5.78. The summed E-state index contributed by atoms with van der Waals surface area (Å²) in [4.78, 5) is 4.32. The fraction of sp³-hybridized carbons (Fsp3) is 0.308. The van der Waals surface area contributed by atoms with Gasteiger partial charge in [-0.3, -0.25) is 0 Å². The van der Waals surface area contributed by atoms with Crippen molar-refractivity contribution in [3.63, 3.8) is 0 Å². The van der Waals surface area contributed by atoms with E-state index in [-0.39, 0.29) is 5.95 Å². The normalized spacial score (nSPS) is 15.5. The van der Waals surface area contributed by atoms with E-state index in [1.54, 1.807) is 0 Å². The van der Waals surface area contributed by atoms with Crippen molar-refractivity contribution in [3.05, 3.63) is 29.5 Å². The summed E-state index contributed by atoms with van der Waals surface area (Å²) in [6.07, 6.45) is 0. The number of nitrogens with two attached hydrogens (primary N) is 1. The summed E-state index contributed by atoms with van der Waals surface area (Å²) >= 11 is 0. The van der Waals surface area contributed by atoms with Crippen LogP contribution in [0.25, 0.3) is 11.3 Å². The molecule has 0 saturated carbocycles. The van der Waals surface area contributed by atoms with Gasteiger partial charge in [0.05, 0.1) is 0 Å². The van der Waals surface area contributed by atoms with Gasteiger partial charge in [0.1, 0.15) is 22.7 Å². The highest BCUT2D eigenvalue weighted by atomic mass is 16.5. The topological polar surface area (TPSA) is 73.9 Å². The molecule has 0 aliphatic carbocycles. The molecule has 3 rings (SSSR count). The van der Waals surface area contributed by atoms with Gasteiger partial charge in [-0.05, 0) is 32.9 Å². The van der Waals surface area contributed by atoms with Gasteiger partial charge in [-0.25, -0.2) is 4.98 Å². The number of hydrogen-bond acceptors (Lipinski definition) is 5. The molecule has 0 atom stereocenters. The highest BCUT2D eigenvalue weighted by Crippen LogP contribution is 2.43. The molecule has 1 aromatic carbocycles. The van der Waals surface area contributed by atoms with Crippen molar-refractivity contribution in [1.82, 2.24) is 15.2 Å². The number of hydrogen-bond donors (Lipinski definition) is 1. The predicted octanol–water partition coefficient (Wildman–Crippen LogP) is 2.06. The van der Waals surface area contributed by atoms with Crippen LogP contribution in [0.15, 0.2) is 18.2 Å². The second-order valence-electron chi connectivity index (χ2n) is 4.98. The second-order valence-corrected chi connectivity index (χ2v) is 4.98. The number of nitrogen functional groups attached to an aromatic ring is 1. The number of aromatic nitrogens is 3. The molecule has 1 aliphatic rings. The Morgan fingerprint density at radius 2 is 2.00 bits per heavy atom. The molecule has 0 fully saturated rings. The molecule has 1 aromatic heterocycles. The predicted molar refractivity (Wildman–Crippen MR) is 68.1 cm³/mol. The fourth-order valence-electron chi connectivity index (χ4n) is 2.17. The minimum absolute atomic E-state index is 0.180. The summed E-state index contributed by atoms with van der Waals surface area (Å²) in [5.41, 5.74) is 8.63. The molecule has 0 amide bonds. The molecule has 1 aliphatic heterocycles. The van der Waals surface area contributed by atoms with Gasteiger partial charge in [-0.2, -0.15) is 0 Å². The first-order valence-electron chi connectivity index (χ1n) is 5.78. The fourth-order valence-corrected chi connectivity index (χ4v) is 2.17. The summed E-state index contributed by atoms with van der Waals surface area (Å²) in [5, 5.41) is 7.96. The number of nitrogens with zero attached hydrogens (tertiary/aromatic N) is 3. The van der Waals surface area contributed by atoms with Crippen molar-refractivity contribution in [2.75, 3.05) is 5.73 Å². The van der Waals surface area contributed by atoms with Gasteiger partial charge in [0.15, 0.2) is 0 Å². The highest BCUT2D eigenvalue weighted by molar-refractivity contribution is 5.73. The van der Waals surface area contributed by atoms with E-state index in [0.29, 0.717) is 0 Å². The lowest BCUT2D eigenvalue weighted by molar-refractivity contribution is 0.0987. The van der Waals surface area contributed by atoms with Crippen LogP contribution in [0.2, 0.25) is 0 Å². The molecule has 5 nitrogen and oxygen atoms in total. The zero-order valence-electron chi connectivity index (χ0n) is 10.6. The van der Waals surface area contributed by atoms with Crippen molar-refractivity contribution < 1.29 is 4.74 Å². The lowest BCUT2D eigenvalue weighted by atomic mass is 9.94. The van der Waals surface area contributed by atoms with E-state index in [4.69, 9.17) is 10.5 Å². The molecular weight excluding hydrogens is 228 g/mol. The third kappa shape index (κ3) is 1.51. The molecule has 2 N–H and O–H groups in total. The number of aryl methyl sites for hydroxylation is 1. The van der Waals surface area contributed by atoms with Crippen LogP contribution >= 0.6 is 0 Å². The van der Waals surface area contributed by atoms with E-state index in [0.717, 1.165) is 28.3 Å². The van der Waals surface area contributed by atoms with Gasteiger partial charge in [0.2, 0.25) is 5.95 Å². The molecule has 2 heterocycles. The van der Waals surface area contributed by atoms with Gasteiger partial charge in [0, 0.05) is 5.56 Å². The maximum Gasteiger partial charge on any atom is 0.240 e. The standard InChI is InChI=1S/C13H14N4O/c1-7-4-5-9-8(6-7)10-11(13(2,3)18-9)16-17-12(14)15-10/h4-6H,1-3H3,(H2,14,15,17). The third-order valence-electron chi connectivity index (χ3n) is 3.03. The molecule has 18 heavy (non-hydrogen) atoms. The van der Waals surface area contributed by atoms with Gasteiger partial charge in [0.25, 0.3) is 0 Å². The molecule has 0 radical (unpaired) electrons. The monoisotopic (exact) mass is 242 g/mol. The van der Waals surface area contributed by atoms with Crippen molar-refractivity contribution >= 4 is 5.95 Å². The number of ether oxygens (including phenoxy) is 1. The summed E-state index contributed by atoms with van der Waals surface area (Å²) in [5.74, 6) is 0.983. The first kappa shape index (κ1) is 11.0. The molecule has 92 valence electrons. The van der Waals surface area contributed by atoms with Gasteiger partial charge < -0.3 is 10.5 Å². The number of benzene rings is 1. The molecule has 0 bridgehead atoms. The Kier molecular flexibility index (Phi) is 2.08. The van der Waals surface area contributed by atoms with Crippen LogP contribution < -0.4 is 10.5 Å². The van der Waals surface area contributed by atoms with E-state index < -0.39 is 5.60 Å². The Morgan fingerprint density at radius 3 is 2.78 bits per heavy atom. The largest absolute Gasteiger partial charge is 0.481 e. The lowest BCUT2D eigenvalue weighted by Gasteiger charge is -2.32. The van der Waals surface area contributed by atoms with E-state index in [1.165, 1.54) is 0 Å². The molecule has 5 heteroatoms. The Bertz CT molecular complexity index is 637. The molecule has 0 spiro atoms. The van der Waals surface area contributed by atoms with Crippen molar-refractivity contribution in [2.45, 2.75) is 26.4 Å². The van der Waals surface area contributed by atoms with Gasteiger partial charge in [-0.15, -0.1) is 10.2 Å². The average molecular weight is 242 g/mol. The maximum absolute atomic E-state index is 5.96. The third-order valence-corrected chi connectivity index (χ3v) is 3.03. The maximum atomic E-state index is 5.96. The summed E-state index contributed by atoms with van der Waals surface area (Å²) in [6, 6.07) is 5.99. The Balaban J connectivity index is 2.34. The van der Waals surface area contributed by atoms with Crippen LogP contribution in [0.3, 0.4) is 0 Å². The summed E-state index contributed by atoms with van der Waals surface area (Å²) in [6.45, 7) is 5.92.